The number of esters is 2. The van der Waals surface area contributed by atoms with E-state index in [1.54, 1.807) is 70.3 Å². The summed E-state index contributed by atoms with van der Waals surface area (Å²) < 4.78 is 32.2. The molecule has 3 aromatic rings. The predicted molar refractivity (Wildman–Crippen MR) is 230 cm³/mol. The minimum Gasteiger partial charge on any atom is -0.459 e. The maximum absolute atomic E-state index is 14.6. The van der Waals surface area contributed by atoms with Gasteiger partial charge in [0.15, 0.2) is 18.2 Å². The number of aliphatic hydroxyl groups excluding tert-OH is 1. The van der Waals surface area contributed by atoms with Crippen LogP contribution in [0.4, 0.5) is 0 Å². The highest BCUT2D eigenvalue weighted by Gasteiger charge is 2.53. The number of fused-ring (bicyclic) bond motifs is 1. The molecule has 2 fully saturated rings. The van der Waals surface area contributed by atoms with Gasteiger partial charge >= 0.3 is 11.9 Å². The standard InChI is InChI=1S/C48H64N2O11/c1-11-38-48(8,56)42(53)30(4)39(51)28(2)26-47(7,57-23-17-18-33-25-35-21-15-16-22-36(35)49-27-33)43(31(5)40(52)32(6)44(54)59-38)61-46-41(37(50(9)10)24-29(3)58-46)60-45(55)34-19-13-12-14-20-34/h12-22,25,27-32,37-38,41-43,46,53,56H,11,23-24,26H2,1-10H3/b18-17+/t28-,29-,30+,31+,32-,37+,38-,41-,42-,43-,46+,47-,48-/m1/s1. The van der Waals surface area contributed by atoms with Gasteiger partial charge in [-0.25, -0.2) is 4.79 Å². The van der Waals surface area contributed by atoms with Gasteiger partial charge in [-0.3, -0.25) is 19.4 Å². The van der Waals surface area contributed by atoms with E-state index in [9.17, 15) is 29.4 Å². The third kappa shape index (κ3) is 11.0. The third-order valence-corrected chi connectivity index (χ3v) is 12.5. The topological polar surface area (TPSA) is 171 Å². The monoisotopic (exact) mass is 844 g/mol. The molecule has 0 unspecified atom stereocenters. The Morgan fingerprint density at radius 2 is 1.64 bits per heavy atom. The second-order valence-corrected chi connectivity index (χ2v) is 17.6. The van der Waals surface area contributed by atoms with Crippen LogP contribution in [0.3, 0.4) is 0 Å². The minimum atomic E-state index is -2.02. The van der Waals surface area contributed by atoms with Crippen LogP contribution in [0.25, 0.3) is 17.0 Å². The molecule has 13 heteroatoms. The van der Waals surface area contributed by atoms with Crippen molar-refractivity contribution in [1.82, 2.24) is 9.88 Å². The number of likely N-dealkylation sites (N-methyl/N-ethyl adjacent to an activating group) is 1. The summed E-state index contributed by atoms with van der Waals surface area (Å²) in [6, 6.07) is 18.0. The van der Waals surface area contributed by atoms with Gasteiger partial charge in [0.1, 0.15) is 23.4 Å². The first-order chi connectivity index (χ1) is 28.8. The number of rotatable bonds is 10. The molecule has 332 valence electrons. The first-order valence-electron chi connectivity index (χ1n) is 21.4. The van der Waals surface area contributed by atoms with Crippen LogP contribution in [0.15, 0.2) is 72.9 Å². The second kappa shape index (κ2) is 20.2. The van der Waals surface area contributed by atoms with Gasteiger partial charge in [-0.2, -0.15) is 0 Å². The zero-order valence-electron chi connectivity index (χ0n) is 37.1. The number of nitrogens with zero attached hydrogens (tertiary/aromatic N) is 2. The molecular weight excluding hydrogens is 781 g/mol. The van der Waals surface area contributed by atoms with E-state index in [-0.39, 0.29) is 37.4 Å². The molecule has 61 heavy (non-hydrogen) atoms. The highest BCUT2D eigenvalue weighted by atomic mass is 16.7. The lowest BCUT2D eigenvalue weighted by Crippen LogP contribution is -2.60. The average molecular weight is 845 g/mol. The highest BCUT2D eigenvalue weighted by Crippen LogP contribution is 2.39. The molecular formula is C48H64N2O11. The lowest BCUT2D eigenvalue weighted by Gasteiger charge is -2.48. The van der Waals surface area contributed by atoms with Crippen molar-refractivity contribution in [3.8, 4) is 0 Å². The number of benzene rings is 2. The number of aliphatic hydroxyl groups is 2. The molecule has 2 N–H and O–H groups in total. The van der Waals surface area contributed by atoms with Crippen molar-refractivity contribution in [3.05, 3.63) is 84.1 Å². The number of hydrogen-bond acceptors (Lipinski definition) is 13. The average Bonchev–Trinajstić information content (AvgIpc) is 3.24. The van der Waals surface area contributed by atoms with E-state index in [1.165, 1.54) is 20.8 Å². The zero-order valence-corrected chi connectivity index (χ0v) is 37.1. The number of Topliss-reactive ketones (excluding diaryl/α,β-unsaturated/α-hetero) is 2. The Morgan fingerprint density at radius 1 is 0.967 bits per heavy atom. The van der Waals surface area contributed by atoms with Gasteiger partial charge < -0.3 is 38.8 Å². The summed E-state index contributed by atoms with van der Waals surface area (Å²) in [5.74, 6) is -6.73. The second-order valence-electron chi connectivity index (χ2n) is 17.6. The van der Waals surface area contributed by atoms with E-state index in [0.29, 0.717) is 12.0 Å². The van der Waals surface area contributed by atoms with Crippen LogP contribution >= 0.6 is 0 Å². The summed E-state index contributed by atoms with van der Waals surface area (Å²) >= 11 is 0. The number of carbonyl (C=O) groups is 4. The Kier molecular flexibility index (Phi) is 15.8. The summed E-state index contributed by atoms with van der Waals surface area (Å²) in [5, 5.41) is 24.1. The first-order valence-corrected chi connectivity index (χ1v) is 21.4. The fourth-order valence-electron chi connectivity index (χ4n) is 8.85. The Labute approximate surface area is 359 Å². The molecule has 1 aromatic heterocycles. The molecule has 0 bridgehead atoms. The molecule has 0 aliphatic carbocycles. The lowest BCUT2D eigenvalue weighted by atomic mass is 9.74. The molecule has 2 aromatic carbocycles. The number of aromatic nitrogens is 1. The molecule has 13 nitrogen and oxygen atoms in total. The highest BCUT2D eigenvalue weighted by molar-refractivity contribution is 6.00. The van der Waals surface area contributed by atoms with Gasteiger partial charge in [0.25, 0.3) is 0 Å². The van der Waals surface area contributed by atoms with Crippen molar-refractivity contribution in [1.29, 1.82) is 0 Å². The smallest absolute Gasteiger partial charge is 0.338 e. The van der Waals surface area contributed by atoms with E-state index in [1.807, 2.05) is 62.3 Å². The van der Waals surface area contributed by atoms with Gasteiger partial charge in [0.05, 0.1) is 47.6 Å². The molecule has 0 saturated carbocycles. The molecule has 2 saturated heterocycles. The summed E-state index contributed by atoms with van der Waals surface area (Å²) in [5.41, 5.74) is -1.47. The van der Waals surface area contributed by atoms with Crippen molar-refractivity contribution < 1.29 is 53.1 Å². The molecule has 13 atom stereocenters. The lowest BCUT2D eigenvalue weighted by molar-refractivity contribution is -0.296. The van der Waals surface area contributed by atoms with Crippen molar-refractivity contribution >= 4 is 40.5 Å². The predicted octanol–water partition coefficient (Wildman–Crippen LogP) is 6.22. The van der Waals surface area contributed by atoms with E-state index in [2.05, 4.69) is 4.98 Å². The van der Waals surface area contributed by atoms with Gasteiger partial charge in [-0.15, -0.1) is 0 Å². The van der Waals surface area contributed by atoms with Crippen LogP contribution in [0.5, 0.6) is 0 Å². The van der Waals surface area contributed by atoms with Crippen molar-refractivity contribution in [2.75, 3.05) is 20.7 Å². The molecule has 2 aliphatic rings. The van der Waals surface area contributed by atoms with E-state index >= 15 is 0 Å². The number of para-hydroxylation sites is 1. The molecule has 0 spiro atoms. The van der Waals surface area contributed by atoms with Crippen LogP contribution in [0.1, 0.15) is 90.6 Å². The van der Waals surface area contributed by atoms with Crippen LogP contribution in [0, 0.1) is 23.7 Å². The minimum absolute atomic E-state index is 0.00233. The van der Waals surface area contributed by atoms with E-state index < -0.39 is 83.3 Å². The fraction of sp³-hybridized carbons (Fsp3) is 0.562. The summed E-state index contributed by atoms with van der Waals surface area (Å²) in [6.45, 7) is 12.9. The van der Waals surface area contributed by atoms with Gasteiger partial charge in [0.2, 0.25) is 0 Å². The maximum Gasteiger partial charge on any atom is 0.338 e. The normalized spacial score (nSPS) is 34.6. The van der Waals surface area contributed by atoms with E-state index in [4.69, 9.17) is 23.7 Å². The molecule has 2 aliphatic heterocycles. The van der Waals surface area contributed by atoms with E-state index in [0.717, 1.165) is 16.5 Å². The van der Waals surface area contributed by atoms with Crippen molar-refractivity contribution in [3.63, 3.8) is 0 Å². The number of pyridine rings is 1. The SMILES string of the molecule is CC[C@H]1OC(=O)[C@H](C)C(=O)[C@H](C)[C@@H](O[C@@H]2O[C@H](C)C[C@H](N(C)C)[C@H]2OC(=O)c2ccccc2)[C@](C)(OC/C=C/c2cnc3ccccc3c2)C[C@@H](C)C(=O)[C@H](C)[C@@H](O)[C@]1(C)O. The maximum atomic E-state index is 14.6. The number of cyclic esters (lactones) is 1. The van der Waals surface area contributed by atoms with Crippen molar-refractivity contribution in [2.24, 2.45) is 23.7 Å². The molecule has 0 amide bonds. The van der Waals surface area contributed by atoms with Gasteiger partial charge in [-0.05, 0) is 90.9 Å². The molecule has 5 rings (SSSR count). The van der Waals surface area contributed by atoms with Crippen molar-refractivity contribution in [2.45, 2.75) is 129 Å². The van der Waals surface area contributed by atoms with Gasteiger partial charge in [0, 0.05) is 29.3 Å². The number of carbonyl (C=O) groups excluding carboxylic acids is 4. The largest absolute Gasteiger partial charge is 0.459 e. The third-order valence-electron chi connectivity index (χ3n) is 12.5. The first kappa shape index (κ1) is 47.7. The van der Waals surface area contributed by atoms with Gasteiger partial charge in [-0.1, -0.05) is 76.2 Å². The quantitative estimate of drug-likeness (QED) is 0.174. The van der Waals surface area contributed by atoms with Crippen LogP contribution in [-0.2, 0) is 38.1 Å². The Bertz CT molecular complexity index is 2020. The summed E-state index contributed by atoms with van der Waals surface area (Å²) in [6.07, 6.45) is -0.608. The number of ketones is 2. The Balaban J connectivity index is 1.60. The molecule has 0 radical (unpaired) electrons. The summed E-state index contributed by atoms with van der Waals surface area (Å²) in [7, 11) is 3.75. The van der Waals surface area contributed by atoms with Crippen LogP contribution in [-0.4, -0.2) is 118 Å². The fourth-order valence-corrected chi connectivity index (χ4v) is 8.85. The number of hydrogen-bond donors (Lipinski definition) is 2. The van der Waals surface area contributed by atoms with Crippen LogP contribution < -0.4 is 0 Å². The Hall–Kier alpha value is -4.37. The molecule has 3 heterocycles. The zero-order chi connectivity index (χ0) is 44.8. The number of ether oxygens (including phenoxy) is 5. The Morgan fingerprint density at radius 3 is 2.31 bits per heavy atom. The summed E-state index contributed by atoms with van der Waals surface area (Å²) in [4.78, 5) is 62.8. The van der Waals surface area contributed by atoms with Crippen LogP contribution in [0.2, 0.25) is 0 Å².